The highest BCUT2D eigenvalue weighted by molar-refractivity contribution is 5.95. The van der Waals surface area contributed by atoms with Crippen molar-refractivity contribution in [2.45, 2.75) is 13.3 Å². The fourth-order valence-electron chi connectivity index (χ4n) is 0.917. The third-order valence-corrected chi connectivity index (χ3v) is 1.58. The minimum atomic E-state index is 0.567. The molecule has 0 aromatic carbocycles. The molecule has 0 aliphatic rings. The molecule has 0 saturated heterocycles. The maximum Gasteiger partial charge on any atom is 0.144 e. The normalized spacial score (nSPS) is 12.0. The summed E-state index contributed by atoms with van der Waals surface area (Å²) in [5, 5.41) is 0. The molecule has 0 bridgehead atoms. The van der Waals surface area contributed by atoms with E-state index >= 15 is 0 Å². The van der Waals surface area contributed by atoms with Gasteiger partial charge in [-0.2, -0.15) is 0 Å². The van der Waals surface area contributed by atoms with E-state index in [1.807, 2.05) is 11.6 Å². The van der Waals surface area contributed by atoms with Crippen molar-refractivity contribution < 1.29 is 0 Å². The Hall–Kier alpha value is -1.32. The third kappa shape index (κ3) is 1.84. The lowest BCUT2D eigenvalue weighted by atomic mass is 10.4. The maximum absolute atomic E-state index is 5.72. The van der Waals surface area contributed by atoms with E-state index in [2.05, 4.69) is 16.9 Å². The van der Waals surface area contributed by atoms with Crippen LogP contribution in [0.1, 0.15) is 19.0 Å². The summed E-state index contributed by atoms with van der Waals surface area (Å²) in [4.78, 5) is 8.13. The van der Waals surface area contributed by atoms with Crippen LogP contribution in [-0.2, 0) is 7.05 Å². The summed E-state index contributed by atoms with van der Waals surface area (Å²) in [5.41, 5.74) is 6.59. The Labute approximate surface area is 72.1 Å². The molecule has 0 atom stereocenters. The number of aromatic nitrogens is 2. The Morgan fingerprint density at radius 3 is 3.00 bits per heavy atom. The van der Waals surface area contributed by atoms with Gasteiger partial charge in [-0.3, -0.25) is 4.99 Å². The van der Waals surface area contributed by atoms with Gasteiger partial charge in [-0.1, -0.05) is 6.92 Å². The molecule has 0 fully saturated rings. The first-order valence-electron chi connectivity index (χ1n) is 4.02. The average Bonchev–Trinajstić information content (AvgIpc) is 2.47. The lowest BCUT2D eigenvalue weighted by Crippen LogP contribution is -2.17. The van der Waals surface area contributed by atoms with E-state index in [1.165, 1.54) is 0 Å². The Morgan fingerprint density at radius 2 is 2.50 bits per heavy atom. The molecule has 12 heavy (non-hydrogen) atoms. The topological polar surface area (TPSA) is 56.2 Å². The summed E-state index contributed by atoms with van der Waals surface area (Å²) in [7, 11) is 1.90. The van der Waals surface area contributed by atoms with Gasteiger partial charge in [0, 0.05) is 13.6 Å². The molecule has 0 amide bonds. The van der Waals surface area contributed by atoms with Gasteiger partial charge in [0.1, 0.15) is 11.5 Å². The first-order valence-corrected chi connectivity index (χ1v) is 4.02. The predicted molar refractivity (Wildman–Crippen MR) is 49.1 cm³/mol. The van der Waals surface area contributed by atoms with E-state index in [0.29, 0.717) is 5.84 Å². The lowest BCUT2D eigenvalue weighted by Gasteiger charge is -1.99. The molecule has 0 unspecified atom stereocenters. The van der Waals surface area contributed by atoms with Crippen LogP contribution in [0.5, 0.6) is 0 Å². The number of hydrogen-bond acceptors (Lipinski definition) is 2. The van der Waals surface area contributed by atoms with Gasteiger partial charge in [0.2, 0.25) is 0 Å². The zero-order valence-corrected chi connectivity index (χ0v) is 7.49. The van der Waals surface area contributed by atoms with E-state index in [1.54, 1.807) is 12.5 Å². The fourth-order valence-corrected chi connectivity index (χ4v) is 0.917. The Kier molecular flexibility index (Phi) is 2.85. The lowest BCUT2D eigenvalue weighted by molar-refractivity contribution is 0.888. The van der Waals surface area contributed by atoms with Crippen LogP contribution in [0.4, 0.5) is 0 Å². The molecule has 1 rings (SSSR count). The average molecular weight is 166 g/mol. The summed E-state index contributed by atoms with van der Waals surface area (Å²) < 4.78 is 1.86. The van der Waals surface area contributed by atoms with Crippen LogP contribution < -0.4 is 5.73 Å². The van der Waals surface area contributed by atoms with Crippen molar-refractivity contribution in [1.29, 1.82) is 0 Å². The first kappa shape index (κ1) is 8.77. The monoisotopic (exact) mass is 166 g/mol. The second-order valence-electron chi connectivity index (χ2n) is 2.66. The van der Waals surface area contributed by atoms with Gasteiger partial charge in [-0.25, -0.2) is 4.98 Å². The van der Waals surface area contributed by atoms with E-state index < -0.39 is 0 Å². The summed E-state index contributed by atoms with van der Waals surface area (Å²) in [6.45, 7) is 2.84. The first-order chi connectivity index (χ1) is 5.75. The molecule has 4 nitrogen and oxygen atoms in total. The minimum absolute atomic E-state index is 0.567. The highest BCUT2D eigenvalue weighted by Gasteiger charge is 2.01. The second-order valence-corrected chi connectivity index (χ2v) is 2.66. The van der Waals surface area contributed by atoms with Crippen molar-refractivity contribution in [3.63, 3.8) is 0 Å². The zero-order valence-electron chi connectivity index (χ0n) is 7.49. The van der Waals surface area contributed by atoms with Gasteiger partial charge in [0.25, 0.3) is 0 Å². The molecule has 2 N–H and O–H groups in total. The molecule has 66 valence electrons. The van der Waals surface area contributed by atoms with Crippen LogP contribution in [0.25, 0.3) is 0 Å². The van der Waals surface area contributed by atoms with Crippen LogP contribution in [0, 0.1) is 0 Å². The van der Waals surface area contributed by atoms with Gasteiger partial charge < -0.3 is 10.3 Å². The van der Waals surface area contributed by atoms with Gasteiger partial charge in [-0.05, 0) is 6.42 Å². The Balaban J connectivity index is 2.77. The molecule has 1 aromatic heterocycles. The Morgan fingerprint density at radius 1 is 1.75 bits per heavy atom. The molecule has 4 heteroatoms. The summed E-state index contributed by atoms with van der Waals surface area (Å²) >= 11 is 0. The number of rotatable bonds is 3. The van der Waals surface area contributed by atoms with Crippen molar-refractivity contribution in [2.75, 3.05) is 6.54 Å². The SMILES string of the molecule is CCCN=C(N)c1cncn1C. The van der Waals surface area contributed by atoms with E-state index in [9.17, 15) is 0 Å². The van der Waals surface area contributed by atoms with E-state index in [0.717, 1.165) is 18.7 Å². The smallest absolute Gasteiger partial charge is 0.144 e. The largest absolute Gasteiger partial charge is 0.382 e. The van der Waals surface area contributed by atoms with Crippen LogP contribution in [0.15, 0.2) is 17.5 Å². The number of imidazole rings is 1. The van der Waals surface area contributed by atoms with Crippen molar-refractivity contribution in [3.05, 3.63) is 18.2 Å². The van der Waals surface area contributed by atoms with Gasteiger partial charge in [0.05, 0.1) is 12.5 Å². The molecule has 0 saturated carbocycles. The molecule has 0 aliphatic heterocycles. The van der Waals surface area contributed by atoms with Crippen LogP contribution in [0.2, 0.25) is 0 Å². The van der Waals surface area contributed by atoms with Gasteiger partial charge >= 0.3 is 0 Å². The van der Waals surface area contributed by atoms with Crippen LogP contribution >= 0.6 is 0 Å². The highest BCUT2D eigenvalue weighted by Crippen LogP contribution is 1.95. The molecular formula is C8H14N4. The van der Waals surface area contributed by atoms with Crippen LogP contribution in [-0.4, -0.2) is 21.9 Å². The van der Waals surface area contributed by atoms with Crippen molar-refractivity contribution >= 4 is 5.84 Å². The number of aliphatic imine (C=N–C) groups is 1. The third-order valence-electron chi connectivity index (χ3n) is 1.58. The maximum atomic E-state index is 5.72. The van der Waals surface area contributed by atoms with E-state index in [4.69, 9.17) is 5.73 Å². The summed E-state index contributed by atoms with van der Waals surface area (Å²) in [5.74, 6) is 0.567. The number of hydrogen-bond donors (Lipinski definition) is 1. The van der Waals surface area contributed by atoms with Gasteiger partial charge in [0.15, 0.2) is 0 Å². The summed E-state index contributed by atoms with van der Waals surface area (Å²) in [6, 6.07) is 0. The molecular weight excluding hydrogens is 152 g/mol. The van der Waals surface area contributed by atoms with Crippen molar-refractivity contribution in [1.82, 2.24) is 9.55 Å². The predicted octanol–water partition coefficient (Wildman–Crippen LogP) is 0.535. The zero-order chi connectivity index (χ0) is 8.97. The quantitative estimate of drug-likeness (QED) is 0.526. The molecule has 1 heterocycles. The molecule has 0 spiro atoms. The van der Waals surface area contributed by atoms with Gasteiger partial charge in [-0.15, -0.1) is 0 Å². The van der Waals surface area contributed by atoms with E-state index in [-0.39, 0.29) is 0 Å². The standard InChI is InChI=1S/C8H14N4/c1-3-4-11-8(9)7-5-10-6-12(7)2/h5-6H,3-4H2,1-2H3,(H2,9,11). The van der Waals surface area contributed by atoms with Crippen molar-refractivity contribution in [2.24, 2.45) is 17.8 Å². The number of aryl methyl sites for hydroxylation is 1. The number of nitrogens with two attached hydrogens (primary N) is 1. The number of nitrogens with zero attached hydrogens (tertiary/aromatic N) is 3. The molecule has 1 aromatic rings. The second kappa shape index (κ2) is 3.90. The fraction of sp³-hybridized carbons (Fsp3) is 0.500. The molecule has 0 radical (unpaired) electrons. The molecule has 0 aliphatic carbocycles. The number of amidine groups is 1. The van der Waals surface area contributed by atoms with Crippen LogP contribution in [0.3, 0.4) is 0 Å². The Bertz CT molecular complexity index is 274. The van der Waals surface area contributed by atoms with Crippen molar-refractivity contribution in [3.8, 4) is 0 Å². The summed E-state index contributed by atoms with van der Waals surface area (Å²) in [6.07, 6.45) is 4.44. The minimum Gasteiger partial charge on any atom is -0.382 e. The highest BCUT2D eigenvalue weighted by atomic mass is 15.1.